The van der Waals surface area contributed by atoms with Crippen molar-refractivity contribution in [1.82, 2.24) is 0 Å². The molecule has 0 unspecified atom stereocenters. The quantitative estimate of drug-likeness (QED) is 0.531. The van der Waals surface area contributed by atoms with Crippen molar-refractivity contribution in [2.24, 2.45) is 0 Å². The summed E-state index contributed by atoms with van der Waals surface area (Å²) in [5.74, 6) is 0.192. The summed E-state index contributed by atoms with van der Waals surface area (Å²) in [6, 6.07) is 3.92. The Balaban J connectivity index is 2.14. The van der Waals surface area contributed by atoms with E-state index in [2.05, 4.69) is 38.5 Å². The third-order valence-electron chi connectivity index (χ3n) is 1.90. The lowest BCUT2D eigenvalue weighted by molar-refractivity contribution is 0.0994. The Morgan fingerprint density at radius 1 is 1.47 bits per heavy atom. The second kappa shape index (κ2) is 5.07. The molecule has 78 valence electrons. The van der Waals surface area contributed by atoms with Crippen molar-refractivity contribution in [3.8, 4) is 0 Å². The Hall–Kier alpha value is 0.280. The lowest BCUT2D eigenvalue weighted by atomic mass is 10.1. The summed E-state index contributed by atoms with van der Waals surface area (Å²) in [5.41, 5.74) is 0.824. The molecule has 15 heavy (non-hydrogen) atoms. The molecule has 1 nitrogen and oxygen atoms in total. The monoisotopic (exact) mass is 412 g/mol. The summed E-state index contributed by atoms with van der Waals surface area (Å²) in [6.45, 7) is 0. The first-order valence-corrected chi connectivity index (χ1v) is 7.79. The van der Waals surface area contributed by atoms with E-state index in [9.17, 15) is 4.79 Å². The van der Waals surface area contributed by atoms with Crippen LogP contribution in [0.1, 0.15) is 15.2 Å². The van der Waals surface area contributed by atoms with E-state index in [1.807, 2.05) is 22.9 Å². The fourth-order valence-corrected chi connectivity index (χ4v) is 4.00. The molecule has 2 heterocycles. The van der Waals surface area contributed by atoms with Crippen LogP contribution in [-0.4, -0.2) is 5.78 Å². The number of thiophene rings is 2. The Labute approximate surface area is 118 Å². The molecule has 0 fully saturated rings. The maximum absolute atomic E-state index is 11.9. The van der Waals surface area contributed by atoms with Gasteiger partial charge < -0.3 is 0 Å². The van der Waals surface area contributed by atoms with Crippen LogP contribution in [0.4, 0.5) is 0 Å². The number of Topliss-reactive ketones (excluding diaryl/α,β-unsaturated/α-hetero) is 1. The van der Waals surface area contributed by atoms with Crippen LogP contribution in [0.2, 0.25) is 0 Å². The van der Waals surface area contributed by atoms with Crippen LogP contribution in [0.15, 0.2) is 27.4 Å². The van der Waals surface area contributed by atoms with Gasteiger partial charge in [0.2, 0.25) is 0 Å². The van der Waals surface area contributed by atoms with Crippen molar-refractivity contribution in [2.75, 3.05) is 0 Å². The fourth-order valence-electron chi connectivity index (χ4n) is 1.16. The molecule has 0 aromatic carbocycles. The van der Waals surface area contributed by atoms with Crippen LogP contribution >= 0.6 is 61.2 Å². The van der Waals surface area contributed by atoms with E-state index < -0.39 is 0 Å². The first-order valence-electron chi connectivity index (χ1n) is 4.16. The highest BCUT2D eigenvalue weighted by atomic mass is 127. The summed E-state index contributed by atoms with van der Waals surface area (Å²) in [7, 11) is 0. The van der Waals surface area contributed by atoms with Gasteiger partial charge in [-0.3, -0.25) is 4.79 Å². The number of rotatable bonds is 3. The fraction of sp³-hybridized carbons (Fsp3) is 0.100. The first-order chi connectivity index (χ1) is 7.16. The number of carbonyl (C=O) groups is 1. The van der Waals surface area contributed by atoms with E-state index in [1.54, 1.807) is 22.7 Å². The molecule has 2 rings (SSSR count). The zero-order valence-electron chi connectivity index (χ0n) is 7.50. The highest BCUT2D eigenvalue weighted by molar-refractivity contribution is 14.1. The minimum atomic E-state index is 0.192. The molecule has 0 spiro atoms. The molecule has 0 atom stereocenters. The van der Waals surface area contributed by atoms with Crippen LogP contribution in [-0.2, 0) is 6.42 Å². The zero-order chi connectivity index (χ0) is 10.8. The summed E-state index contributed by atoms with van der Waals surface area (Å²) < 4.78 is 2.19. The van der Waals surface area contributed by atoms with Crippen LogP contribution in [0.3, 0.4) is 0 Å². The van der Waals surface area contributed by atoms with E-state index in [-0.39, 0.29) is 5.78 Å². The Bertz CT molecular complexity index is 489. The topological polar surface area (TPSA) is 17.1 Å². The number of ketones is 1. The van der Waals surface area contributed by atoms with Crippen molar-refractivity contribution in [2.45, 2.75) is 6.42 Å². The molecule has 2 aromatic rings. The number of hydrogen-bond donors (Lipinski definition) is 0. The molecule has 0 amide bonds. The molecule has 0 aliphatic carbocycles. The van der Waals surface area contributed by atoms with E-state index in [4.69, 9.17) is 0 Å². The first kappa shape index (κ1) is 11.8. The van der Waals surface area contributed by atoms with Gasteiger partial charge in [0, 0.05) is 26.7 Å². The molecule has 0 saturated heterocycles. The molecule has 0 radical (unpaired) electrons. The second-order valence-electron chi connectivity index (χ2n) is 2.93. The van der Waals surface area contributed by atoms with Crippen molar-refractivity contribution in [1.29, 1.82) is 0 Å². The number of halogens is 2. The van der Waals surface area contributed by atoms with Crippen LogP contribution in [0.5, 0.6) is 0 Å². The van der Waals surface area contributed by atoms with Crippen molar-refractivity contribution >= 4 is 67.0 Å². The highest BCUT2D eigenvalue weighted by Crippen LogP contribution is 2.25. The number of carbonyl (C=O) groups excluding carboxylic acids is 1. The van der Waals surface area contributed by atoms with Gasteiger partial charge in [-0.25, -0.2) is 0 Å². The van der Waals surface area contributed by atoms with Gasteiger partial charge in [-0.1, -0.05) is 0 Å². The normalized spacial score (nSPS) is 10.5. The molecule has 0 N–H and O–H groups in total. The lowest BCUT2D eigenvalue weighted by Gasteiger charge is -1.96. The van der Waals surface area contributed by atoms with Gasteiger partial charge in [0.15, 0.2) is 5.78 Å². The van der Waals surface area contributed by atoms with Crippen molar-refractivity contribution < 1.29 is 4.79 Å². The van der Waals surface area contributed by atoms with E-state index in [0.717, 1.165) is 17.8 Å². The maximum atomic E-state index is 11.9. The average Bonchev–Trinajstić information content (AvgIpc) is 2.77. The predicted octanol–water partition coefficient (Wildman–Crippen LogP) is 4.60. The summed E-state index contributed by atoms with van der Waals surface area (Å²) >= 11 is 8.88. The van der Waals surface area contributed by atoms with Crippen LogP contribution < -0.4 is 0 Å². The second-order valence-corrected chi connectivity index (χ2v) is 7.59. The standard InChI is InChI=1S/C10H6BrIOS2/c11-7-1-2-14-9(7)4-8(13)6-3-10(12)15-5-6/h1-3,5H,4H2. The van der Waals surface area contributed by atoms with Crippen LogP contribution in [0.25, 0.3) is 0 Å². The molecule has 5 heteroatoms. The molecule has 0 saturated carbocycles. The van der Waals surface area contributed by atoms with Crippen molar-refractivity contribution in [3.63, 3.8) is 0 Å². The Morgan fingerprint density at radius 2 is 2.27 bits per heavy atom. The predicted molar refractivity (Wildman–Crippen MR) is 77.1 cm³/mol. The molecule has 0 aliphatic heterocycles. The van der Waals surface area contributed by atoms with Gasteiger partial charge in [0.05, 0.1) is 2.88 Å². The summed E-state index contributed by atoms with van der Waals surface area (Å²) in [5, 5.41) is 3.91. The zero-order valence-corrected chi connectivity index (χ0v) is 12.9. The summed E-state index contributed by atoms with van der Waals surface area (Å²) in [6.07, 6.45) is 0.491. The van der Waals surface area contributed by atoms with Gasteiger partial charge in [0.1, 0.15) is 0 Å². The Morgan fingerprint density at radius 3 is 2.80 bits per heavy atom. The Kier molecular flexibility index (Phi) is 3.98. The van der Waals surface area contributed by atoms with Gasteiger partial charge in [0.25, 0.3) is 0 Å². The maximum Gasteiger partial charge on any atom is 0.168 e. The molecule has 0 aliphatic rings. The molecule has 2 aromatic heterocycles. The SMILES string of the molecule is O=C(Cc1sccc1Br)c1csc(I)c1. The van der Waals surface area contributed by atoms with Crippen molar-refractivity contribution in [3.05, 3.63) is 40.7 Å². The number of hydrogen-bond acceptors (Lipinski definition) is 3. The van der Waals surface area contributed by atoms with E-state index in [0.29, 0.717) is 6.42 Å². The lowest BCUT2D eigenvalue weighted by Crippen LogP contribution is -2.00. The molecular formula is C10H6BrIOS2. The average molecular weight is 413 g/mol. The minimum Gasteiger partial charge on any atom is -0.294 e. The van der Waals surface area contributed by atoms with E-state index in [1.165, 1.54) is 0 Å². The van der Waals surface area contributed by atoms with Gasteiger partial charge in [-0.2, -0.15) is 0 Å². The van der Waals surface area contributed by atoms with Gasteiger partial charge >= 0.3 is 0 Å². The van der Waals surface area contributed by atoms with E-state index >= 15 is 0 Å². The molecule has 0 bridgehead atoms. The van der Waals surface area contributed by atoms with Crippen LogP contribution in [0, 0.1) is 2.88 Å². The highest BCUT2D eigenvalue weighted by Gasteiger charge is 2.11. The largest absolute Gasteiger partial charge is 0.294 e. The third-order valence-corrected chi connectivity index (χ3v) is 5.62. The van der Waals surface area contributed by atoms with Gasteiger partial charge in [-0.05, 0) is 56.0 Å². The third kappa shape index (κ3) is 2.89. The minimum absolute atomic E-state index is 0.192. The summed E-state index contributed by atoms with van der Waals surface area (Å²) in [4.78, 5) is 13.0. The molecular weight excluding hydrogens is 407 g/mol. The smallest absolute Gasteiger partial charge is 0.168 e. The van der Waals surface area contributed by atoms with Gasteiger partial charge in [-0.15, -0.1) is 22.7 Å².